The first-order chi connectivity index (χ1) is 15.8. The molecule has 11 heteroatoms. The summed E-state index contributed by atoms with van der Waals surface area (Å²) in [6, 6.07) is 9.24. The Morgan fingerprint density at radius 1 is 1.18 bits per heavy atom. The summed E-state index contributed by atoms with van der Waals surface area (Å²) in [6.45, 7) is 0. The summed E-state index contributed by atoms with van der Waals surface area (Å²) in [5.74, 6) is 1.09. The predicted molar refractivity (Wildman–Crippen MR) is 124 cm³/mol. The van der Waals surface area contributed by atoms with E-state index >= 15 is 0 Å². The quantitative estimate of drug-likeness (QED) is 0.323. The Morgan fingerprint density at radius 3 is 2.88 bits per heavy atom. The van der Waals surface area contributed by atoms with Crippen molar-refractivity contribution in [2.24, 2.45) is 0 Å². The molecule has 1 saturated carbocycles. The summed E-state index contributed by atoms with van der Waals surface area (Å²) in [5, 5.41) is 24.0. The number of benzene rings is 1. The molecule has 2 fully saturated rings. The van der Waals surface area contributed by atoms with E-state index in [4.69, 9.17) is 20.9 Å². The zero-order valence-corrected chi connectivity index (χ0v) is 18.9. The number of hydrogen-bond donors (Lipinski definition) is 4. The van der Waals surface area contributed by atoms with Crippen molar-refractivity contribution in [3.63, 3.8) is 0 Å². The van der Waals surface area contributed by atoms with Crippen LogP contribution in [0.25, 0.3) is 21.9 Å². The van der Waals surface area contributed by atoms with Gasteiger partial charge in [-0.1, -0.05) is 0 Å². The van der Waals surface area contributed by atoms with Crippen molar-refractivity contribution in [2.75, 3.05) is 11.5 Å². The van der Waals surface area contributed by atoms with Crippen LogP contribution < -0.4 is 16.2 Å². The van der Waals surface area contributed by atoms with Crippen LogP contribution in [-0.4, -0.2) is 53.6 Å². The minimum atomic E-state index is -1.45. The van der Waals surface area contributed by atoms with Crippen molar-refractivity contribution in [1.29, 1.82) is 0 Å². The van der Waals surface area contributed by atoms with Crippen LogP contribution in [0.15, 0.2) is 47.2 Å². The molecule has 10 nitrogen and oxygen atoms in total. The third kappa shape index (κ3) is 3.15. The van der Waals surface area contributed by atoms with Gasteiger partial charge in [-0.25, -0.2) is 9.97 Å². The number of aliphatic hydroxyl groups excluding tert-OH is 1. The Bertz CT molecular complexity index is 1400. The standard InChI is InChI=1S/C22H21BrN6O4/c23-13-7-10-1-2-12(8-14(10)27-18(13)24)32-15-3-5-22(31)16(30)20(33-17(15)22)29-6-4-11-9-26-21(25)28-19(11)29/h1-2,4,6-9,15-17,20,30-31H,3,5H2,(H2,24,27)(H2,25,26,28)/t15-,16-,17+,20+,22-/m0/s1. The van der Waals surface area contributed by atoms with E-state index in [1.165, 1.54) is 0 Å². The molecule has 3 aromatic heterocycles. The zero-order valence-electron chi connectivity index (χ0n) is 17.3. The number of nitrogens with two attached hydrogens (primary N) is 2. The van der Waals surface area contributed by atoms with E-state index in [1.54, 1.807) is 23.0 Å². The normalized spacial score (nSPS) is 29.1. The van der Waals surface area contributed by atoms with Gasteiger partial charge in [-0.15, -0.1) is 0 Å². The summed E-state index contributed by atoms with van der Waals surface area (Å²) < 4.78 is 14.8. The minimum absolute atomic E-state index is 0.118. The molecule has 6 N–H and O–H groups in total. The number of halogens is 1. The molecular weight excluding hydrogens is 492 g/mol. The highest BCUT2D eigenvalue weighted by Crippen LogP contribution is 2.48. The van der Waals surface area contributed by atoms with Crippen molar-refractivity contribution in [1.82, 2.24) is 19.5 Å². The lowest BCUT2D eigenvalue weighted by Crippen LogP contribution is -2.47. The largest absolute Gasteiger partial charge is 0.488 e. The molecule has 0 unspecified atom stereocenters. The van der Waals surface area contributed by atoms with Gasteiger partial charge in [0, 0.05) is 29.2 Å². The van der Waals surface area contributed by atoms with Gasteiger partial charge >= 0.3 is 0 Å². The van der Waals surface area contributed by atoms with Crippen LogP contribution in [0.3, 0.4) is 0 Å². The number of nitrogen functional groups attached to an aromatic ring is 2. The van der Waals surface area contributed by atoms with Crippen LogP contribution in [0.1, 0.15) is 19.1 Å². The topological polar surface area (TPSA) is 155 Å². The van der Waals surface area contributed by atoms with E-state index in [0.717, 1.165) is 15.2 Å². The molecule has 1 saturated heterocycles. The van der Waals surface area contributed by atoms with Gasteiger partial charge in [0.05, 0.1) is 9.99 Å². The first kappa shape index (κ1) is 20.6. The highest BCUT2D eigenvalue weighted by Gasteiger charge is 2.62. The maximum absolute atomic E-state index is 11.3. The lowest BCUT2D eigenvalue weighted by Gasteiger charge is -2.26. The minimum Gasteiger partial charge on any atom is -0.488 e. The molecule has 0 amide bonds. The zero-order chi connectivity index (χ0) is 22.9. The summed E-state index contributed by atoms with van der Waals surface area (Å²) in [5.41, 5.74) is 11.4. The van der Waals surface area contributed by atoms with Gasteiger partial charge in [0.25, 0.3) is 0 Å². The van der Waals surface area contributed by atoms with Gasteiger partial charge in [-0.3, -0.25) is 0 Å². The Morgan fingerprint density at radius 2 is 2.03 bits per heavy atom. The van der Waals surface area contributed by atoms with Gasteiger partial charge in [0.15, 0.2) is 6.23 Å². The van der Waals surface area contributed by atoms with Gasteiger partial charge in [-0.05, 0) is 53.0 Å². The number of fused-ring (bicyclic) bond motifs is 3. The summed E-state index contributed by atoms with van der Waals surface area (Å²) in [7, 11) is 0. The van der Waals surface area contributed by atoms with Crippen LogP contribution in [0.4, 0.5) is 11.8 Å². The fourth-order valence-electron chi connectivity index (χ4n) is 4.86. The molecule has 0 bridgehead atoms. The molecule has 1 aromatic carbocycles. The van der Waals surface area contributed by atoms with Crippen molar-refractivity contribution in [2.45, 2.75) is 43.0 Å². The van der Waals surface area contributed by atoms with Crippen LogP contribution in [-0.2, 0) is 4.74 Å². The number of hydrogen-bond acceptors (Lipinski definition) is 9. The molecule has 4 aromatic rings. The maximum atomic E-state index is 11.3. The third-order valence-electron chi connectivity index (χ3n) is 6.53. The third-order valence-corrected chi connectivity index (χ3v) is 7.17. The molecule has 170 valence electrons. The number of ether oxygens (including phenoxy) is 2. The van der Waals surface area contributed by atoms with E-state index in [2.05, 4.69) is 30.9 Å². The molecule has 1 aliphatic carbocycles. The molecular formula is C22H21BrN6O4. The van der Waals surface area contributed by atoms with Crippen LogP contribution >= 0.6 is 15.9 Å². The van der Waals surface area contributed by atoms with E-state index in [9.17, 15) is 10.2 Å². The number of nitrogens with zero attached hydrogens (tertiary/aromatic N) is 4. The number of aromatic nitrogens is 4. The second kappa shape index (κ2) is 7.26. The molecule has 33 heavy (non-hydrogen) atoms. The SMILES string of the molecule is Nc1ncc2ccn([C@@H]3O[C@@H]4[C@@H](Oc5ccc6cc(Br)c(N)nc6c5)CC[C@]4(O)[C@H]3O)c2n1. The second-order valence-corrected chi connectivity index (χ2v) is 9.37. The predicted octanol–water partition coefficient (Wildman–Crippen LogP) is 2.14. The highest BCUT2D eigenvalue weighted by molar-refractivity contribution is 9.10. The first-order valence-electron chi connectivity index (χ1n) is 10.5. The van der Waals surface area contributed by atoms with E-state index < -0.39 is 30.1 Å². The van der Waals surface area contributed by atoms with E-state index in [1.807, 2.05) is 24.3 Å². The van der Waals surface area contributed by atoms with Gasteiger partial charge < -0.3 is 35.7 Å². The molecule has 1 aliphatic heterocycles. The fourth-order valence-corrected chi connectivity index (χ4v) is 5.20. The van der Waals surface area contributed by atoms with Gasteiger partial charge in [0.2, 0.25) is 5.95 Å². The van der Waals surface area contributed by atoms with Crippen molar-refractivity contribution >= 4 is 49.6 Å². The lowest BCUT2D eigenvalue weighted by atomic mass is 9.94. The average Bonchev–Trinajstić information content (AvgIpc) is 3.41. The van der Waals surface area contributed by atoms with Crippen molar-refractivity contribution in [3.8, 4) is 5.75 Å². The van der Waals surface area contributed by atoms with E-state index in [0.29, 0.717) is 35.6 Å². The first-order valence-corrected chi connectivity index (χ1v) is 11.3. The molecule has 6 rings (SSSR count). The monoisotopic (exact) mass is 512 g/mol. The molecule has 0 spiro atoms. The number of anilines is 2. The highest BCUT2D eigenvalue weighted by atomic mass is 79.9. The molecule has 0 radical (unpaired) electrons. The lowest BCUT2D eigenvalue weighted by molar-refractivity contribution is -0.0791. The van der Waals surface area contributed by atoms with E-state index in [-0.39, 0.29) is 5.95 Å². The average molecular weight is 513 g/mol. The van der Waals surface area contributed by atoms with Crippen LogP contribution in [0, 0.1) is 0 Å². The smallest absolute Gasteiger partial charge is 0.221 e. The van der Waals surface area contributed by atoms with Gasteiger partial charge in [0.1, 0.15) is 41.1 Å². The summed E-state index contributed by atoms with van der Waals surface area (Å²) in [4.78, 5) is 12.6. The Labute approximate surface area is 196 Å². The van der Waals surface area contributed by atoms with Gasteiger partial charge in [-0.2, -0.15) is 4.98 Å². The van der Waals surface area contributed by atoms with Crippen molar-refractivity contribution < 1.29 is 19.7 Å². The number of rotatable bonds is 3. The Kier molecular flexibility index (Phi) is 4.53. The maximum Gasteiger partial charge on any atom is 0.221 e. The molecule has 5 atom stereocenters. The number of pyridine rings is 1. The molecule has 4 heterocycles. The van der Waals surface area contributed by atoms with Crippen molar-refractivity contribution in [3.05, 3.63) is 47.2 Å². The second-order valence-electron chi connectivity index (χ2n) is 8.52. The summed E-state index contributed by atoms with van der Waals surface area (Å²) in [6.07, 6.45) is 1.02. The fraction of sp³-hybridized carbons (Fsp3) is 0.318. The summed E-state index contributed by atoms with van der Waals surface area (Å²) >= 11 is 3.39. The van der Waals surface area contributed by atoms with Crippen LogP contribution in [0.2, 0.25) is 0 Å². The Balaban J connectivity index is 1.29. The number of aliphatic hydroxyl groups is 2. The van der Waals surface area contributed by atoms with Crippen LogP contribution in [0.5, 0.6) is 5.75 Å². The molecule has 2 aliphatic rings. The Hall–Kier alpha value is -2.99.